The topological polar surface area (TPSA) is 16.4 Å². The lowest BCUT2D eigenvalue weighted by Gasteiger charge is -2.33. The molecule has 61 heavy (non-hydrogen) atoms. The van der Waals surface area contributed by atoms with Gasteiger partial charge in [-0.3, -0.25) is 0 Å². The second kappa shape index (κ2) is 13.0. The number of hydrogen-bond acceptors (Lipinski definition) is 2. The van der Waals surface area contributed by atoms with Crippen LogP contribution in [-0.2, 0) is 5.41 Å². The van der Waals surface area contributed by atoms with Gasteiger partial charge in [0.1, 0.15) is 11.2 Å². The Balaban J connectivity index is 1.13. The number of nitrogens with zero attached hydrogens (tertiary/aromatic N) is 1. The van der Waals surface area contributed by atoms with Crippen LogP contribution < -0.4 is 4.90 Å². The average Bonchev–Trinajstić information content (AvgIpc) is 3.97. The number of furan rings is 1. The lowest BCUT2D eigenvalue weighted by molar-refractivity contribution is 0.669. The Bertz CT molecular complexity index is 3460. The fraction of sp³-hybridized carbons (Fsp3) is 0.0169. The zero-order valence-corrected chi connectivity index (χ0v) is 33.2. The first-order valence-corrected chi connectivity index (χ1v) is 21.1. The molecule has 0 unspecified atom stereocenters. The van der Waals surface area contributed by atoms with Crippen molar-refractivity contribution in [3.05, 3.63) is 247 Å². The molecule has 10 aromatic carbocycles. The number of anilines is 3. The van der Waals surface area contributed by atoms with Crippen LogP contribution in [0, 0.1) is 0 Å². The van der Waals surface area contributed by atoms with E-state index in [1.807, 2.05) is 0 Å². The van der Waals surface area contributed by atoms with Crippen molar-refractivity contribution < 1.29 is 4.42 Å². The predicted molar refractivity (Wildman–Crippen MR) is 253 cm³/mol. The standard InChI is InChI=1S/C59H37NO/c1-3-15-38(16-4-1)39-27-30-42(31-28-39)60(53-34-36-55-58(56(53)41-18-5-2-6-19-41)57-44-20-8-7-17-40(44)29-35-54(57)61-55)43-32-33-48-47-23-11-14-26-51(47)59(52(48)37-43)49-24-12-9-21-45(49)46-22-10-13-25-50(46)59/h1-37H. The second-order valence-corrected chi connectivity index (χ2v) is 16.3. The summed E-state index contributed by atoms with van der Waals surface area (Å²) in [6.07, 6.45) is 0. The van der Waals surface area contributed by atoms with E-state index in [1.54, 1.807) is 0 Å². The lowest BCUT2D eigenvalue weighted by Crippen LogP contribution is -2.26. The van der Waals surface area contributed by atoms with E-state index in [0.717, 1.165) is 50.1 Å². The van der Waals surface area contributed by atoms with Crippen molar-refractivity contribution in [1.29, 1.82) is 0 Å². The summed E-state index contributed by atoms with van der Waals surface area (Å²) in [5.41, 5.74) is 19.7. The summed E-state index contributed by atoms with van der Waals surface area (Å²) in [6.45, 7) is 0. The fourth-order valence-electron chi connectivity index (χ4n) is 10.8. The molecule has 0 bridgehead atoms. The summed E-state index contributed by atoms with van der Waals surface area (Å²) in [5.74, 6) is 0. The summed E-state index contributed by atoms with van der Waals surface area (Å²) >= 11 is 0. The maximum absolute atomic E-state index is 6.74. The minimum Gasteiger partial charge on any atom is -0.456 e. The Hall–Kier alpha value is -7.94. The summed E-state index contributed by atoms with van der Waals surface area (Å²) in [4.78, 5) is 2.48. The number of rotatable bonds is 5. The van der Waals surface area contributed by atoms with Crippen LogP contribution in [0.15, 0.2) is 229 Å². The van der Waals surface area contributed by atoms with Crippen LogP contribution in [0.3, 0.4) is 0 Å². The van der Waals surface area contributed by atoms with E-state index >= 15 is 0 Å². The molecule has 2 heteroatoms. The highest BCUT2D eigenvalue weighted by atomic mass is 16.3. The maximum Gasteiger partial charge on any atom is 0.136 e. The van der Waals surface area contributed by atoms with Crippen molar-refractivity contribution in [2.24, 2.45) is 0 Å². The van der Waals surface area contributed by atoms with Crippen LogP contribution in [0.25, 0.3) is 77.2 Å². The van der Waals surface area contributed by atoms with E-state index in [9.17, 15) is 0 Å². The molecule has 0 aliphatic heterocycles. The van der Waals surface area contributed by atoms with E-state index < -0.39 is 5.41 Å². The maximum atomic E-state index is 6.74. The van der Waals surface area contributed by atoms with Crippen molar-refractivity contribution in [3.63, 3.8) is 0 Å². The van der Waals surface area contributed by atoms with Gasteiger partial charge in [-0.15, -0.1) is 0 Å². The van der Waals surface area contributed by atoms with Gasteiger partial charge in [0.15, 0.2) is 0 Å². The predicted octanol–water partition coefficient (Wildman–Crippen LogP) is 15.9. The van der Waals surface area contributed by atoms with Gasteiger partial charge in [-0.2, -0.15) is 0 Å². The summed E-state index contributed by atoms with van der Waals surface area (Å²) in [5, 5.41) is 4.62. The highest BCUT2D eigenvalue weighted by Gasteiger charge is 2.51. The van der Waals surface area contributed by atoms with E-state index in [-0.39, 0.29) is 0 Å². The van der Waals surface area contributed by atoms with Crippen LogP contribution in [0.1, 0.15) is 22.3 Å². The summed E-state index contributed by atoms with van der Waals surface area (Å²) in [7, 11) is 0. The molecule has 0 amide bonds. The van der Waals surface area contributed by atoms with Crippen molar-refractivity contribution in [3.8, 4) is 44.5 Å². The van der Waals surface area contributed by atoms with Gasteiger partial charge in [-0.05, 0) is 114 Å². The zero-order valence-electron chi connectivity index (χ0n) is 33.2. The average molecular weight is 776 g/mol. The Morgan fingerprint density at radius 1 is 0.344 bits per heavy atom. The molecule has 1 aromatic heterocycles. The number of fused-ring (bicyclic) bond motifs is 15. The van der Waals surface area contributed by atoms with Gasteiger partial charge in [0.25, 0.3) is 0 Å². The van der Waals surface area contributed by atoms with Crippen LogP contribution in [0.2, 0.25) is 0 Å². The molecule has 2 nitrogen and oxygen atoms in total. The molecular formula is C59H37NO. The minimum absolute atomic E-state index is 0.468. The molecule has 1 heterocycles. The molecular weight excluding hydrogens is 739 g/mol. The Kier molecular flexibility index (Phi) is 7.26. The molecule has 0 radical (unpaired) electrons. The third kappa shape index (κ3) is 4.79. The molecule has 284 valence electrons. The van der Waals surface area contributed by atoms with Gasteiger partial charge in [-0.1, -0.05) is 182 Å². The Labute approximate surface area is 354 Å². The molecule has 0 saturated carbocycles. The smallest absolute Gasteiger partial charge is 0.136 e. The molecule has 2 aliphatic rings. The Morgan fingerprint density at radius 3 is 1.52 bits per heavy atom. The van der Waals surface area contributed by atoms with Gasteiger partial charge >= 0.3 is 0 Å². The van der Waals surface area contributed by atoms with E-state index in [0.29, 0.717) is 0 Å². The van der Waals surface area contributed by atoms with Gasteiger partial charge in [-0.25, -0.2) is 0 Å². The van der Waals surface area contributed by atoms with Crippen LogP contribution in [0.4, 0.5) is 17.1 Å². The molecule has 0 atom stereocenters. The molecule has 1 spiro atoms. The van der Waals surface area contributed by atoms with E-state index in [1.165, 1.54) is 66.4 Å². The summed E-state index contributed by atoms with van der Waals surface area (Å²) < 4.78 is 6.74. The molecule has 0 saturated heterocycles. The van der Waals surface area contributed by atoms with Crippen LogP contribution in [0.5, 0.6) is 0 Å². The Morgan fingerprint density at radius 2 is 0.852 bits per heavy atom. The third-order valence-corrected chi connectivity index (χ3v) is 13.3. The van der Waals surface area contributed by atoms with E-state index in [4.69, 9.17) is 4.42 Å². The highest BCUT2D eigenvalue weighted by molar-refractivity contribution is 6.24. The van der Waals surface area contributed by atoms with Crippen molar-refractivity contribution >= 4 is 49.8 Å². The molecule has 11 aromatic rings. The molecule has 0 fully saturated rings. The number of benzene rings is 10. The highest BCUT2D eigenvalue weighted by Crippen LogP contribution is 2.63. The number of hydrogen-bond donors (Lipinski definition) is 0. The first kappa shape index (κ1) is 34.0. The van der Waals surface area contributed by atoms with Crippen molar-refractivity contribution in [2.45, 2.75) is 5.41 Å². The first-order valence-electron chi connectivity index (χ1n) is 21.1. The third-order valence-electron chi connectivity index (χ3n) is 13.3. The first-order chi connectivity index (χ1) is 30.3. The lowest BCUT2D eigenvalue weighted by atomic mass is 9.70. The molecule has 2 aliphatic carbocycles. The monoisotopic (exact) mass is 775 g/mol. The van der Waals surface area contributed by atoms with Crippen molar-refractivity contribution in [2.75, 3.05) is 4.90 Å². The minimum atomic E-state index is -0.468. The van der Waals surface area contributed by atoms with Crippen LogP contribution in [-0.4, -0.2) is 0 Å². The SMILES string of the molecule is c1ccc(-c2ccc(N(c3ccc4c(c3)C3(c5ccccc5-c5ccccc53)c3ccccc3-4)c3ccc4oc5ccc6ccccc6c5c4c3-c3ccccc3)cc2)cc1. The van der Waals surface area contributed by atoms with Gasteiger partial charge in [0.05, 0.1) is 11.1 Å². The quantitative estimate of drug-likeness (QED) is 0.173. The second-order valence-electron chi connectivity index (χ2n) is 16.3. The van der Waals surface area contributed by atoms with Gasteiger partial charge in [0, 0.05) is 27.7 Å². The van der Waals surface area contributed by atoms with Crippen molar-refractivity contribution in [1.82, 2.24) is 0 Å². The van der Waals surface area contributed by atoms with Gasteiger partial charge < -0.3 is 9.32 Å². The molecule has 0 N–H and O–H groups in total. The normalized spacial score (nSPS) is 13.0. The fourth-order valence-corrected chi connectivity index (χ4v) is 10.8. The zero-order chi connectivity index (χ0) is 40.1. The van der Waals surface area contributed by atoms with Gasteiger partial charge in [0.2, 0.25) is 0 Å². The van der Waals surface area contributed by atoms with Crippen LogP contribution >= 0.6 is 0 Å². The largest absolute Gasteiger partial charge is 0.456 e. The molecule has 13 rings (SSSR count). The summed E-state index contributed by atoms with van der Waals surface area (Å²) in [6, 6.07) is 82.3. The van der Waals surface area contributed by atoms with E-state index in [2.05, 4.69) is 229 Å².